The molecule has 1 heterocycles. The van der Waals surface area contributed by atoms with Crippen LogP contribution in [0.2, 0.25) is 0 Å². The van der Waals surface area contributed by atoms with E-state index in [1.54, 1.807) is 38.1 Å². The van der Waals surface area contributed by atoms with Gasteiger partial charge < -0.3 is 20.3 Å². The van der Waals surface area contributed by atoms with Crippen LogP contribution >= 0.6 is 11.8 Å². The summed E-state index contributed by atoms with van der Waals surface area (Å²) in [5.41, 5.74) is 0.715. The fraction of sp³-hybridized carbons (Fsp3) is 0.542. The molecule has 1 saturated heterocycles. The van der Waals surface area contributed by atoms with E-state index in [1.165, 1.54) is 23.6 Å². The summed E-state index contributed by atoms with van der Waals surface area (Å²) in [7, 11) is 0. The number of Topliss-reactive ketones (excluding diaryl/α,β-unsaturated/α-hetero) is 1. The zero-order valence-electron chi connectivity index (χ0n) is 20.2. The molecule has 2 rings (SSSR count). The van der Waals surface area contributed by atoms with Crippen LogP contribution in [-0.4, -0.2) is 64.3 Å². The summed E-state index contributed by atoms with van der Waals surface area (Å²) in [5.74, 6) is -3.99. The Bertz CT molecular complexity index is 905. The first-order valence-electron chi connectivity index (χ1n) is 11.3. The van der Waals surface area contributed by atoms with Gasteiger partial charge in [0.1, 0.15) is 18.1 Å². The van der Waals surface area contributed by atoms with Gasteiger partial charge in [-0.25, -0.2) is 4.79 Å². The minimum absolute atomic E-state index is 0.0209. The van der Waals surface area contributed by atoms with Crippen molar-refractivity contribution in [2.75, 3.05) is 11.6 Å². The van der Waals surface area contributed by atoms with Crippen LogP contribution in [0.15, 0.2) is 30.3 Å². The molecule has 1 aromatic carbocycles. The molecular weight excluding hydrogens is 458 g/mol. The van der Waals surface area contributed by atoms with Crippen LogP contribution in [0.4, 0.5) is 0 Å². The van der Waals surface area contributed by atoms with Crippen LogP contribution in [0.1, 0.15) is 40.2 Å². The number of rotatable bonds is 10. The zero-order chi connectivity index (χ0) is 25.4. The van der Waals surface area contributed by atoms with Crippen molar-refractivity contribution in [2.45, 2.75) is 59.4 Å². The second-order valence-electron chi connectivity index (χ2n) is 8.82. The molecule has 10 heteroatoms. The molecule has 34 heavy (non-hydrogen) atoms. The summed E-state index contributed by atoms with van der Waals surface area (Å²) in [6.45, 7) is 8.24. The third kappa shape index (κ3) is 7.58. The van der Waals surface area contributed by atoms with Crippen LogP contribution in [0.3, 0.4) is 0 Å². The van der Waals surface area contributed by atoms with Crippen molar-refractivity contribution in [3.8, 4) is 0 Å². The Morgan fingerprint density at radius 2 is 1.74 bits per heavy atom. The van der Waals surface area contributed by atoms with Gasteiger partial charge in [-0.15, -0.1) is 11.8 Å². The van der Waals surface area contributed by atoms with Gasteiger partial charge in [-0.2, -0.15) is 0 Å². The van der Waals surface area contributed by atoms with Crippen molar-refractivity contribution in [1.82, 2.24) is 15.5 Å². The molecule has 0 radical (unpaired) electrons. The summed E-state index contributed by atoms with van der Waals surface area (Å²) in [6.07, 6.45) is -1.15. The molecule has 1 aromatic rings. The van der Waals surface area contributed by atoms with Gasteiger partial charge >= 0.3 is 5.97 Å². The van der Waals surface area contributed by atoms with Gasteiger partial charge in [0.15, 0.2) is 0 Å². The van der Waals surface area contributed by atoms with Crippen molar-refractivity contribution in [3.63, 3.8) is 0 Å². The number of esters is 1. The highest BCUT2D eigenvalue weighted by Crippen LogP contribution is 2.23. The molecule has 0 aromatic heterocycles. The van der Waals surface area contributed by atoms with Crippen LogP contribution in [0.25, 0.3) is 0 Å². The third-order valence-corrected chi connectivity index (χ3v) is 6.24. The molecule has 1 aliphatic heterocycles. The van der Waals surface area contributed by atoms with Crippen molar-refractivity contribution in [1.29, 1.82) is 0 Å². The normalized spacial score (nSPS) is 17.3. The first-order valence-corrected chi connectivity index (χ1v) is 12.4. The number of carbonyl (C=O) groups excluding carboxylic acids is 5. The van der Waals surface area contributed by atoms with E-state index >= 15 is 0 Å². The number of benzene rings is 1. The molecule has 2 N–H and O–H groups in total. The number of hydrogen-bond donors (Lipinski definition) is 2. The molecule has 1 fully saturated rings. The number of nitrogens with one attached hydrogen (secondary N) is 2. The van der Waals surface area contributed by atoms with E-state index in [2.05, 4.69) is 10.6 Å². The number of ether oxygens (including phenoxy) is 1. The molecule has 0 spiro atoms. The van der Waals surface area contributed by atoms with E-state index < -0.39 is 41.9 Å². The number of hydrogen-bond acceptors (Lipinski definition) is 7. The van der Waals surface area contributed by atoms with E-state index in [1.807, 2.05) is 19.9 Å². The SMILES string of the molecule is CC(=O)N[C@H](C(=O)N1CSC[C@@H]1NC(=O)[C@@H](Cc1ccccc1)C(=O)C(=O)OC(C)C)C(C)C. The van der Waals surface area contributed by atoms with Gasteiger partial charge in [-0.05, 0) is 31.7 Å². The van der Waals surface area contributed by atoms with Crippen molar-refractivity contribution in [2.24, 2.45) is 11.8 Å². The monoisotopic (exact) mass is 491 g/mol. The van der Waals surface area contributed by atoms with Gasteiger partial charge in [0, 0.05) is 12.7 Å². The van der Waals surface area contributed by atoms with Crippen LogP contribution in [0, 0.1) is 11.8 Å². The summed E-state index contributed by atoms with van der Waals surface area (Å²) >= 11 is 1.45. The van der Waals surface area contributed by atoms with Crippen molar-refractivity contribution in [3.05, 3.63) is 35.9 Å². The molecule has 0 bridgehead atoms. The average Bonchev–Trinajstić information content (AvgIpc) is 3.22. The van der Waals surface area contributed by atoms with Gasteiger partial charge in [-0.1, -0.05) is 44.2 Å². The lowest BCUT2D eigenvalue weighted by Gasteiger charge is -2.31. The molecule has 0 saturated carbocycles. The Morgan fingerprint density at radius 1 is 1.09 bits per heavy atom. The van der Waals surface area contributed by atoms with Gasteiger partial charge in [0.2, 0.25) is 17.7 Å². The van der Waals surface area contributed by atoms with E-state index in [0.717, 1.165) is 0 Å². The Labute approximate surface area is 204 Å². The van der Waals surface area contributed by atoms with E-state index in [0.29, 0.717) is 17.2 Å². The number of carbonyl (C=O) groups is 5. The lowest BCUT2D eigenvalue weighted by molar-refractivity contribution is -0.160. The molecular formula is C24H33N3O6S. The van der Waals surface area contributed by atoms with E-state index in [9.17, 15) is 24.0 Å². The van der Waals surface area contributed by atoms with E-state index in [-0.39, 0.29) is 24.2 Å². The smallest absolute Gasteiger partial charge is 0.375 e. The van der Waals surface area contributed by atoms with Crippen molar-refractivity contribution >= 4 is 41.2 Å². The van der Waals surface area contributed by atoms with Gasteiger partial charge in [0.25, 0.3) is 5.78 Å². The first kappa shape index (κ1) is 27.4. The predicted molar refractivity (Wildman–Crippen MR) is 128 cm³/mol. The molecule has 0 aliphatic carbocycles. The number of amides is 3. The maximum absolute atomic E-state index is 13.2. The Morgan fingerprint density at radius 3 is 2.29 bits per heavy atom. The lowest BCUT2D eigenvalue weighted by Crippen LogP contribution is -2.57. The molecule has 3 amide bonds. The van der Waals surface area contributed by atoms with E-state index in [4.69, 9.17) is 4.74 Å². The predicted octanol–water partition coefficient (Wildman–Crippen LogP) is 1.50. The zero-order valence-corrected chi connectivity index (χ0v) is 21.0. The van der Waals surface area contributed by atoms with Crippen LogP contribution in [-0.2, 0) is 35.1 Å². The standard InChI is InChI=1S/C24H33N3O6S/c1-14(2)20(25-16(5)28)23(31)27-13-34-12-19(27)26-22(30)18(11-17-9-7-6-8-10-17)21(29)24(32)33-15(3)4/h6-10,14-15,18-20H,11-13H2,1-5H3,(H,25,28)(H,26,30)/t18-,19+,20-/m0/s1. The first-order chi connectivity index (χ1) is 16.0. The molecule has 3 atom stereocenters. The Hall–Kier alpha value is -2.88. The summed E-state index contributed by atoms with van der Waals surface area (Å²) < 4.78 is 5.03. The number of thioether (sulfide) groups is 1. The van der Waals surface area contributed by atoms with Crippen molar-refractivity contribution < 1.29 is 28.7 Å². The topological polar surface area (TPSA) is 122 Å². The Kier molecular flexibility index (Phi) is 10.1. The average molecular weight is 492 g/mol. The number of ketones is 1. The maximum atomic E-state index is 13.2. The fourth-order valence-corrected chi connectivity index (χ4v) is 4.62. The highest BCUT2D eigenvalue weighted by Gasteiger charge is 2.39. The van der Waals surface area contributed by atoms with Crippen LogP contribution < -0.4 is 10.6 Å². The molecule has 9 nitrogen and oxygen atoms in total. The molecule has 186 valence electrons. The van der Waals surface area contributed by atoms with Gasteiger partial charge in [0.05, 0.1) is 12.0 Å². The summed E-state index contributed by atoms with van der Waals surface area (Å²) in [6, 6.07) is 8.17. The molecule has 1 aliphatic rings. The molecule has 0 unspecified atom stereocenters. The number of nitrogens with zero attached hydrogens (tertiary/aromatic N) is 1. The summed E-state index contributed by atoms with van der Waals surface area (Å²) in [4.78, 5) is 64.6. The minimum Gasteiger partial charge on any atom is -0.457 e. The quantitative estimate of drug-likeness (QED) is 0.289. The third-order valence-electron chi connectivity index (χ3n) is 5.23. The highest BCUT2D eigenvalue weighted by atomic mass is 32.2. The minimum atomic E-state index is -1.30. The van der Waals surface area contributed by atoms with Crippen LogP contribution in [0.5, 0.6) is 0 Å². The Balaban J connectivity index is 2.21. The maximum Gasteiger partial charge on any atom is 0.375 e. The summed E-state index contributed by atoms with van der Waals surface area (Å²) in [5, 5.41) is 5.44. The highest BCUT2D eigenvalue weighted by molar-refractivity contribution is 7.99. The second-order valence-corrected chi connectivity index (χ2v) is 9.81. The van der Waals surface area contributed by atoms with Gasteiger partial charge in [-0.3, -0.25) is 19.2 Å². The largest absolute Gasteiger partial charge is 0.457 e. The lowest BCUT2D eigenvalue weighted by atomic mass is 9.94. The second kappa shape index (κ2) is 12.5. The fourth-order valence-electron chi connectivity index (χ4n) is 3.52.